The van der Waals surface area contributed by atoms with E-state index < -0.39 is 0 Å². The van der Waals surface area contributed by atoms with Gasteiger partial charge in [-0.25, -0.2) is 4.98 Å². The van der Waals surface area contributed by atoms with E-state index in [9.17, 15) is 10.4 Å². The summed E-state index contributed by atoms with van der Waals surface area (Å²) in [6.45, 7) is 4.92. The van der Waals surface area contributed by atoms with Crippen molar-refractivity contribution < 1.29 is 5.11 Å². The van der Waals surface area contributed by atoms with Gasteiger partial charge in [-0.3, -0.25) is 0 Å². The lowest BCUT2D eigenvalue weighted by molar-refractivity contribution is 0.0572. The molecule has 1 aromatic heterocycles. The molecular formula is C21H26ClN5O. The SMILES string of the molecule is CC1(C)C[C@H](O)CC[C@@H]1Nc1nc(NCCc2cccc(Cl)c2)ncc1C#N. The molecule has 1 aromatic carbocycles. The van der Waals surface area contributed by atoms with E-state index in [1.54, 1.807) is 6.20 Å². The molecule has 148 valence electrons. The predicted octanol–water partition coefficient (Wildman–Crippen LogP) is 4.01. The van der Waals surface area contributed by atoms with Crippen molar-refractivity contribution in [3.05, 3.63) is 46.6 Å². The highest BCUT2D eigenvalue weighted by Gasteiger charge is 2.36. The number of rotatable bonds is 6. The summed E-state index contributed by atoms with van der Waals surface area (Å²) in [4.78, 5) is 8.78. The Morgan fingerprint density at radius 2 is 2.18 bits per heavy atom. The number of hydrogen-bond donors (Lipinski definition) is 3. The fraction of sp³-hybridized carbons (Fsp3) is 0.476. The summed E-state index contributed by atoms with van der Waals surface area (Å²) in [5.41, 5.74) is 1.46. The Kier molecular flexibility index (Phi) is 6.38. The fourth-order valence-corrected chi connectivity index (χ4v) is 3.92. The second kappa shape index (κ2) is 8.76. The van der Waals surface area contributed by atoms with Crippen LogP contribution in [0.2, 0.25) is 5.02 Å². The maximum Gasteiger partial charge on any atom is 0.224 e. The molecule has 2 atom stereocenters. The maximum atomic E-state index is 9.96. The third-order valence-corrected chi connectivity index (χ3v) is 5.53. The van der Waals surface area contributed by atoms with Gasteiger partial charge in [-0.15, -0.1) is 0 Å². The zero-order chi connectivity index (χ0) is 20.1. The number of halogens is 1. The summed E-state index contributed by atoms with van der Waals surface area (Å²) in [5, 5.41) is 26.7. The molecule has 6 nitrogen and oxygen atoms in total. The van der Waals surface area contributed by atoms with Crippen molar-refractivity contribution >= 4 is 23.4 Å². The quantitative estimate of drug-likeness (QED) is 0.679. The minimum Gasteiger partial charge on any atom is -0.393 e. The monoisotopic (exact) mass is 399 g/mol. The normalized spacial score (nSPS) is 21.0. The maximum absolute atomic E-state index is 9.96. The average molecular weight is 400 g/mol. The first kappa shape index (κ1) is 20.4. The number of aliphatic hydroxyl groups is 1. The lowest BCUT2D eigenvalue weighted by Gasteiger charge is -2.41. The highest BCUT2D eigenvalue weighted by atomic mass is 35.5. The van der Waals surface area contributed by atoms with Crippen LogP contribution in [-0.2, 0) is 6.42 Å². The molecule has 0 aliphatic heterocycles. The fourth-order valence-electron chi connectivity index (χ4n) is 3.70. The van der Waals surface area contributed by atoms with Crippen LogP contribution in [-0.4, -0.2) is 33.8 Å². The van der Waals surface area contributed by atoms with Crippen molar-refractivity contribution in [3.63, 3.8) is 0 Å². The predicted molar refractivity (Wildman–Crippen MR) is 111 cm³/mol. The van der Waals surface area contributed by atoms with Crippen LogP contribution in [0.5, 0.6) is 0 Å². The molecule has 0 unspecified atom stereocenters. The van der Waals surface area contributed by atoms with Gasteiger partial charge in [0, 0.05) is 17.6 Å². The van der Waals surface area contributed by atoms with Crippen molar-refractivity contribution in [2.24, 2.45) is 5.41 Å². The average Bonchev–Trinajstić information content (AvgIpc) is 2.64. The van der Waals surface area contributed by atoms with Crippen LogP contribution in [0.25, 0.3) is 0 Å². The Hall–Kier alpha value is -2.36. The molecule has 0 spiro atoms. The zero-order valence-electron chi connectivity index (χ0n) is 16.2. The smallest absolute Gasteiger partial charge is 0.224 e. The molecule has 1 aliphatic carbocycles. The molecule has 2 aromatic rings. The van der Waals surface area contributed by atoms with Crippen molar-refractivity contribution in [1.29, 1.82) is 5.26 Å². The van der Waals surface area contributed by atoms with Crippen LogP contribution in [0.3, 0.4) is 0 Å². The van der Waals surface area contributed by atoms with Gasteiger partial charge in [0.15, 0.2) is 0 Å². The molecule has 3 rings (SSSR count). The standard InChI is InChI=1S/C21H26ClN5O/c1-21(2)11-17(28)6-7-18(21)26-19-15(12-23)13-25-20(27-19)24-9-8-14-4-3-5-16(22)10-14/h3-5,10,13,17-18,28H,6-9,11H2,1-2H3,(H2,24,25,26,27)/t17-,18+/m1/s1. The van der Waals surface area contributed by atoms with Crippen LogP contribution < -0.4 is 10.6 Å². The zero-order valence-corrected chi connectivity index (χ0v) is 17.0. The molecule has 0 saturated heterocycles. The minimum atomic E-state index is -0.266. The summed E-state index contributed by atoms with van der Waals surface area (Å²) >= 11 is 6.02. The van der Waals surface area contributed by atoms with Gasteiger partial charge in [-0.2, -0.15) is 10.2 Å². The van der Waals surface area contributed by atoms with E-state index in [0.717, 1.165) is 36.3 Å². The first-order chi connectivity index (χ1) is 13.4. The number of nitrogens with zero attached hydrogens (tertiary/aromatic N) is 3. The topological polar surface area (TPSA) is 93.9 Å². The highest BCUT2D eigenvalue weighted by molar-refractivity contribution is 6.30. The number of benzene rings is 1. The van der Waals surface area contributed by atoms with E-state index in [4.69, 9.17) is 11.6 Å². The summed E-state index contributed by atoms with van der Waals surface area (Å²) in [7, 11) is 0. The molecule has 28 heavy (non-hydrogen) atoms. The van der Waals surface area contributed by atoms with Gasteiger partial charge in [0.1, 0.15) is 17.5 Å². The third-order valence-electron chi connectivity index (χ3n) is 5.30. The molecule has 1 fully saturated rings. The van der Waals surface area contributed by atoms with Crippen molar-refractivity contribution in [2.45, 2.75) is 51.7 Å². The van der Waals surface area contributed by atoms with Gasteiger partial charge in [-0.1, -0.05) is 37.6 Å². The Balaban J connectivity index is 1.67. The van der Waals surface area contributed by atoms with E-state index in [-0.39, 0.29) is 17.6 Å². The molecule has 7 heteroatoms. The highest BCUT2D eigenvalue weighted by Crippen LogP contribution is 2.37. The van der Waals surface area contributed by atoms with Gasteiger partial charge >= 0.3 is 0 Å². The largest absolute Gasteiger partial charge is 0.393 e. The van der Waals surface area contributed by atoms with Crippen LogP contribution in [0, 0.1) is 16.7 Å². The van der Waals surface area contributed by atoms with E-state index in [0.29, 0.717) is 23.9 Å². The Labute approximate surface area is 171 Å². The molecule has 1 aliphatic rings. The van der Waals surface area contributed by atoms with E-state index >= 15 is 0 Å². The third kappa shape index (κ3) is 5.12. The van der Waals surface area contributed by atoms with Gasteiger partial charge in [-0.05, 0) is 48.8 Å². The molecule has 0 amide bonds. The number of aromatic nitrogens is 2. The van der Waals surface area contributed by atoms with E-state index in [1.165, 1.54) is 0 Å². The molecule has 1 saturated carbocycles. The number of nitriles is 1. The first-order valence-electron chi connectivity index (χ1n) is 9.57. The van der Waals surface area contributed by atoms with Crippen LogP contribution in [0.1, 0.15) is 44.2 Å². The second-order valence-electron chi connectivity index (χ2n) is 8.00. The molecule has 0 radical (unpaired) electrons. The Morgan fingerprint density at radius 1 is 1.36 bits per heavy atom. The molecule has 1 heterocycles. The lowest BCUT2D eigenvalue weighted by atomic mass is 9.72. The van der Waals surface area contributed by atoms with Gasteiger partial charge in [0.25, 0.3) is 0 Å². The number of aliphatic hydroxyl groups excluding tert-OH is 1. The molecule has 3 N–H and O–H groups in total. The Morgan fingerprint density at radius 3 is 2.89 bits per heavy atom. The second-order valence-corrected chi connectivity index (χ2v) is 8.43. The summed E-state index contributed by atoms with van der Waals surface area (Å²) in [6, 6.07) is 10.0. The number of hydrogen-bond acceptors (Lipinski definition) is 6. The van der Waals surface area contributed by atoms with E-state index in [1.807, 2.05) is 24.3 Å². The van der Waals surface area contributed by atoms with E-state index in [2.05, 4.69) is 40.5 Å². The van der Waals surface area contributed by atoms with Crippen LogP contribution in [0.15, 0.2) is 30.5 Å². The number of nitrogens with one attached hydrogen (secondary N) is 2. The summed E-state index contributed by atoms with van der Waals surface area (Å²) in [5.74, 6) is 1.02. The van der Waals surface area contributed by atoms with Gasteiger partial charge in [0.05, 0.1) is 12.3 Å². The number of anilines is 2. The van der Waals surface area contributed by atoms with Gasteiger partial charge in [0.2, 0.25) is 5.95 Å². The van der Waals surface area contributed by atoms with Crippen molar-refractivity contribution in [2.75, 3.05) is 17.2 Å². The van der Waals surface area contributed by atoms with Gasteiger partial charge < -0.3 is 15.7 Å². The van der Waals surface area contributed by atoms with Crippen LogP contribution in [0.4, 0.5) is 11.8 Å². The van der Waals surface area contributed by atoms with Crippen molar-refractivity contribution in [1.82, 2.24) is 9.97 Å². The first-order valence-corrected chi connectivity index (χ1v) is 9.95. The molecule has 0 bridgehead atoms. The molecular weight excluding hydrogens is 374 g/mol. The van der Waals surface area contributed by atoms with Crippen LogP contribution >= 0.6 is 11.6 Å². The van der Waals surface area contributed by atoms with Crippen molar-refractivity contribution in [3.8, 4) is 6.07 Å². The minimum absolute atomic E-state index is 0.0878. The lowest BCUT2D eigenvalue weighted by Crippen LogP contribution is -2.43. The summed E-state index contributed by atoms with van der Waals surface area (Å²) < 4.78 is 0. The Bertz CT molecular complexity index is 864. The summed E-state index contributed by atoms with van der Waals surface area (Å²) in [6.07, 6.45) is 4.38.